The van der Waals surface area contributed by atoms with E-state index in [-0.39, 0.29) is 11.9 Å². The highest BCUT2D eigenvalue weighted by Crippen LogP contribution is 2.09. The number of nitrogens with zero attached hydrogens (tertiary/aromatic N) is 2. The minimum atomic E-state index is -0.490. The monoisotopic (exact) mass is 210 g/mol. The number of carbonyl (C=O) groups is 1. The highest BCUT2D eigenvalue weighted by Gasteiger charge is 2.18. The number of aromatic nitrogens is 1. The summed E-state index contributed by atoms with van der Waals surface area (Å²) in [4.78, 5) is 13.4. The second-order valence-electron chi connectivity index (χ2n) is 3.87. The van der Waals surface area contributed by atoms with Crippen LogP contribution in [-0.2, 0) is 4.79 Å². The second kappa shape index (κ2) is 4.98. The Labute approximate surface area is 90.1 Å². The summed E-state index contributed by atoms with van der Waals surface area (Å²) >= 11 is 0. The topological polar surface area (TPSA) is 45.5 Å². The van der Waals surface area contributed by atoms with E-state index >= 15 is 0 Å². The van der Waals surface area contributed by atoms with E-state index in [0.717, 1.165) is 0 Å². The quantitative estimate of drug-likeness (QED) is 0.802. The summed E-state index contributed by atoms with van der Waals surface area (Å²) < 4.78 is 1.85. The van der Waals surface area contributed by atoms with Crippen LogP contribution < -0.4 is 0 Å². The van der Waals surface area contributed by atoms with Crippen molar-refractivity contribution in [3.8, 4) is 0 Å². The van der Waals surface area contributed by atoms with E-state index in [9.17, 15) is 9.90 Å². The molecule has 2 atom stereocenters. The van der Waals surface area contributed by atoms with Crippen molar-refractivity contribution in [2.75, 3.05) is 13.6 Å². The summed E-state index contributed by atoms with van der Waals surface area (Å²) in [7, 11) is 1.70. The van der Waals surface area contributed by atoms with E-state index < -0.39 is 6.10 Å². The van der Waals surface area contributed by atoms with Crippen molar-refractivity contribution in [2.24, 2.45) is 0 Å². The van der Waals surface area contributed by atoms with Gasteiger partial charge in [-0.3, -0.25) is 4.79 Å². The van der Waals surface area contributed by atoms with Crippen LogP contribution in [0.5, 0.6) is 0 Å². The first-order valence-electron chi connectivity index (χ1n) is 5.08. The molecule has 0 radical (unpaired) electrons. The van der Waals surface area contributed by atoms with Gasteiger partial charge in [0.25, 0.3) is 0 Å². The van der Waals surface area contributed by atoms with Gasteiger partial charge in [-0.2, -0.15) is 0 Å². The molecule has 0 saturated carbocycles. The lowest BCUT2D eigenvalue weighted by Gasteiger charge is -2.23. The molecular weight excluding hydrogens is 192 g/mol. The van der Waals surface area contributed by atoms with Gasteiger partial charge >= 0.3 is 0 Å². The Kier molecular flexibility index (Phi) is 3.91. The van der Waals surface area contributed by atoms with Crippen molar-refractivity contribution in [3.05, 3.63) is 24.5 Å². The van der Waals surface area contributed by atoms with Crippen LogP contribution in [0.15, 0.2) is 24.5 Å². The Hall–Kier alpha value is -1.29. The lowest BCUT2D eigenvalue weighted by Crippen LogP contribution is -2.37. The molecule has 1 rings (SSSR count). The van der Waals surface area contributed by atoms with Crippen LogP contribution in [0.25, 0.3) is 0 Å². The maximum Gasteiger partial charge on any atom is 0.245 e. The van der Waals surface area contributed by atoms with Crippen molar-refractivity contribution in [2.45, 2.75) is 26.0 Å². The number of rotatable bonds is 4. The van der Waals surface area contributed by atoms with Crippen LogP contribution in [0.2, 0.25) is 0 Å². The van der Waals surface area contributed by atoms with Gasteiger partial charge in [0.05, 0.1) is 6.10 Å². The number of aliphatic hydroxyl groups excluding tert-OH is 1. The van der Waals surface area contributed by atoms with Gasteiger partial charge in [0, 0.05) is 26.0 Å². The van der Waals surface area contributed by atoms with Crippen LogP contribution in [0.4, 0.5) is 0 Å². The fraction of sp³-hybridized carbons (Fsp3) is 0.545. The zero-order chi connectivity index (χ0) is 11.4. The Morgan fingerprint density at radius 1 is 1.40 bits per heavy atom. The number of hydrogen-bond acceptors (Lipinski definition) is 2. The van der Waals surface area contributed by atoms with Crippen molar-refractivity contribution in [1.29, 1.82) is 0 Å². The predicted octanol–water partition coefficient (Wildman–Crippen LogP) is 0.888. The molecule has 0 aliphatic rings. The highest BCUT2D eigenvalue weighted by molar-refractivity contribution is 5.79. The molecule has 0 aliphatic carbocycles. The smallest absolute Gasteiger partial charge is 0.245 e. The van der Waals surface area contributed by atoms with Gasteiger partial charge in [-0.15, -0.1) is 0 Å². The molecule has 1 aromatic rings. The largest absolute Gasteiger partial charge is 0.392 e. The maximum absolute atomic E-state index is 11.9. The molecule has 15 heavy (non-hydrogen) atoms. The first-order valence-corrected chi connectivity index (χ1v) is 5.08. The van der Waals surface area contributed by atoms with Crippen molar-refractivity contribution in [3.63, 3.8) is 0 Å². The maximum atomic E-state index is 11.9. The average Bonchev–Trinajstić information content (AvgIpc) is 2.67. The molecule has 84 valence electrons. The summed E-state index contributed by atoms with van der Waals surface area (Å²) in [5, 5.41) is 9.18. The van der Waals surface area contributed by atoms with Crippen LogP contribution in [0.3, 0.4) is 0 Å². The van der Waals surface area contributed by atoms with Gasteiger partial charge in [0.15, 0.2) is 0 Å². The van der Waals surface area contributed by atoms with E-state index in [1.165, 1.54) is 0 Å². The molecule has 4 heteroatoms. The van der Waals surface area contributed by atoms with Crippen molar-refractivity contribution in [1.82, 2.24) is 9.47 Å². The molecule has 0 saturated heterocycles. The SMILES string of the molecule is C[C@H](O)CN(C)C(=O)[C@@H](C)n1cccc1. The third-order valence-corrected chi connectivity index (χ3v) is 2.35. The summed E-state index contributed by atoms with van der Waals surface area (Å²) in [5.74, 6) is 0.00657. The van der Waals surface area contributed by atoms with Gasteiger partial charge in [-0.25, -0.2) is 0 Å². The highest BCUT2D eigenvalue weighted by atomic mass is 16.3. The molecule has 0 spiro atoms. The molecule has 0 aliphatic heterocycles. The summed E-state index contributed by atoms with van der Waals surface area (Å²) in [6, 6.07) is 3.56. The molecule has 1 N–H and O–H groups in total. The predicted molar refractivity (Wildman–Crippen MR) is 58.5 cm³/mol. The lowest BCUT2D eigenvalue weighted by atomic mass is 10.2. The van der Waals surface area contributed by atoms with Crippen LogP contribution in [0, 0.1) is 0 Å². The zero-order valence-corrected chi connectivity index (χ0v) is 9.42. The molecule has 0 aromatic carbocycles. The van der Waals surface area contributed by atoms with Gasteiger partial charge in [-0.05, 0) is 26.0 Å². The summed E-state index contributed by atoms with van der Waals surface area (Å²) in [5.41, 5.74) is 0. The van der Waals surface area contributed by atoms with E-state index in [2.05, 4.69) is 0 Å². The second-order valence-corrected chi connectivity index (χ2v) is 3.87. The molecule has 1 amide bonds. The number of hydrogen-bond donors (Lipinski definition) is 1. The number of aliphatic hydroxyl groups is 1. The Balaban J connectivity index is 2.60. The number of likely N-dealkylation sites (N-methyl/N-ethyl adjacent to an activating group) is 1. The van der Waals surface area contributed by atoms with Crippen molar-refractivity contribution >= 4 is 5.91 Å². The number of carbonyl (C=O) groups excluding carboxylic acids is 1. The third-order valence-electron chi connectivity index (χ3n) is 2.35. The lowest BCUT2D eigenvalue weighted by molar-refractivity contribution is -0.134. The van der Waals surface area contributed by atoms with Gasteiger partial charge in [-0.1, -0.05) is 0 Å². The van der Waals surface area contributed by atoms with Gasteiger partial charge in [0.1, 0.15) is 6.04 Å². The number of amides is 1. The van der Waals surface area contributed by atoms with Gasteiger partial charge in [0.2, 0.25) is 5.91 Å². The first-order chi connectivity index (χ1) is 7.02. The molecule has 0 bridgehead atoms. The molecule has 1 aromatic heterocycles. The fourth-order valence-electron chi connectivity index (χ4n) is 1.54. The Morgan fingerprint density at radius 2 is 1.93 bits per heavy atom. The normalized spacial score (nSPS) is 14.7. The Bertz CT molecular complexity index is 306. The third kappa shape index (κ3) is 3.09. The standard InChI is InChI=1S/C11H18N2O2/c1-9(14)8-12(3)11(15)10(2)13-6-4-5-7-13/h4-7,9-10,14H,8H2,1-3H3/t9-,10+/m0/s1. The summed E-state index contributed by atoms with van der Waals surface area (Å²) in [6.45, 7) is 3.88. The molecule has 4 nitrogen and oxygen atoms in total. The average molecular weight is 210 g/mol. The van der Waals surface area contributed by atoms with E-state index in [4.69, 9.17) is 0 Å². The van der Waals surface area contributed by atoms with E-state index in [1.807, 2.05) is 36.0 Å². The molecule has 1 heterocycles. The van der Waals surface area contributed by atoms with Crippen LogP contribution in [0.1, 0.15) is 19.9 Å². The molecule has 0 fully saturated rings. The van der Waals surface area contributed by atoms with E-state index in [0.29, 0.717) is 6.54 Å². The van der Waals surface area contributed by atoms with Gasteiger partial charge < -0.3 is 14.6 Å². The zero-order valence-electron chi connectivity index (χ0n) is 9.42. The molecule has 0 unspecified atom stereocenters. The molecular formula is C11H18N2O2. The Morgan fingerprint density at radius 3 is 2.40 bits per heavy atom. The van der Waals surface area contributed by atoms with E-state index in [1.54, 1.807) is 18.9 Å². The first kappa shape index (κ1) is 11.8. The van der Waals surface area contributed by atoms with Crippen molar-refractivity contribution < 1.29 is 9.90 Å². The fourth-order valence-corrected chi connectivity index (χ4v) is 1.54. The minimum absolute atomic E-state index is 0.00657. The minimum Gasteiger partial charge on any atom is -0.392 e. The van der Waals surface area contributed by atoms with Crippen LogP contribution >= 0.6 is 0 Å². The van der Waals surface area contributed by atoms with Crippen LogP contribution in [-0.4, -0.2) is 40.2 Å². The summed E-state index contributed by atoms with van der Waals surface area (Å²) in [6.07, 6.45) is 3.23.